The fourth-order valence-electron chi connectivity index (χ4n) is 2.53. The van der Waals surface area contributed by atoms with Crippen LogP contribution in [0.4, 0.5) is 0 Å². The van der Waals surface area contributed by atoms with E-state index >= 15 is 0 Å². The summed E-state index contributed by atoms with van der Waals surface area (Å²) in [6.07, 6.45) is 8.69. The molecule has 0 bridgehead atoms. The lowest BCUT2D eigenvalue weighted by atomic mass is 9.82. The van der Waals surface area contributed by atoms with Gasteiger partial charge in [0, 0.05) is 6.61 Å². The van der Waals surface area contributed by atoms with Gasteiger partial charge in [-0.15, -0.1) is 0 Å². The summed E-state index contributed by atoms with van der Waals surface area (Å²) in [6, 6.07) is 8.74. The Hall–Kier alpha value is -1.08. The predicted octanol–water partition coefficient (Wildman–Crippen LogP) is 3.37. The Morgan fingerprint density at radius 1 is 1.27 bits per heavy atom. The maximum absolute atomic E-state index is 5.52. The van der Waals surface area contributed by atoms with Crippen LogP contribution in [-0.2, 0) is 4.74 Å². The number of fused-ring (bicyclic) bond motifs is 1. The number of allylic oxidation sites excluding steroid dienone is 1. The van der Waals surface area contributed by atoms with Crippen LogP contribution >= 0.6 is 0 Å². The van der Waals surface area contributed by atoms with E-state index in [1.807, 2.05) is 0 Å². The lowest BCUT2D eigenvalue weighted by Gasteiger charge is -2.31. The highest BCUT2D eigenvalue weighted by Crippen LogP contribution is 2.35. The summed E-state index contributed by atoms with van der Waals surface area (Å²) < 4.78 is 5.52. The number of ether oxygens (including phenoxy) is 1. The Morgan fingerprint density at radius 2 is 2.13 bits per heavy atom. The summed E-state index contributed by atoms with van der Waals surface area (Å²) in [7, 11) is 0. The predicted molar refractivity (Wildman–Crippen MR) is 61.8 cm³/mol. The third-order valence-corrected chi connectivity index (χ3v) is 3.49. The maximum atomic E-state index is 5.52. The second-order valence-electron chi connectivity index (χ2n) is 4.48. The zero-order valence-electron chi connectivity index (χ0n) is 8.86. The number of hydrogen-bond donors (Lipinski definition) is 0. The summed E-state index contributed by atoms with van der Waals surface area (Å²) in [5.74, 6) is 0.677. The number of rotatable bonds is 2. The van der Waals surface area contributed by atoms with Gasteiger partial charge in [-0.2, -0.15) is 0 Å². The van der Waals surface area contributed by atoms with E-state index in [9.17, 15) is 0 Å². The van der Waals surface area contributed by atoms with Crippen molar-refractivity contribution in [3.8, 4) is 0 Å². The second-order valence-corrected chi connectivity index (χ2v) is 4.48. The summed E-state index contributed by atoms with van der Waals surface area (Å²) in [5, 5.41) is 0. The van der Waals surface area contributed by atoms with Crippen molar-refractivity contribution in [2.24, 2.45) is 0 Å². The number of benzene rings is 1. The van der Waals surface area contributed by atoms with Crippen LogP contribution in [-0.4, -0.2) is 12.7 Å². The molecule has 2 atom stereocenters. The molecule has 1 heteroatoms. The van der Waals surface area contributed by atoms with E-state index < -0.39 is 0 Å². The van der Waals surface area contributed by atoms with Gasteiger partial charge >= 0.3 is 0 Å². The van der Waals surface area contributed by atoms with Gasteiger partial charge in [0.15, 0.2) is 0 Å². The molecule has 1 aliphatic heterocycles. The minimum absolute atomic E-state index is 0.523. The fourth-order valence-corrected chi connectivity index (χ4v) is 2.53. The molecular formula is C14H16O. The van der Waals surface area contributed by atoms with Crippen molar-refractivity contribution in [1.29, 1.82) is 0 Å². The van der Waals surface area contributed by atoms with Crippen molar-refractivity contribution in [2.45, 2.75) is 31.3 Å². The highest BCUT2D eigenvalue weighted by molar-refractivity contribution is 5.57. The molecule has 2 aliphatic rings. The third-order valence-electron chi connectivity index (χ3n) is 3.49. The Bertz CT molecular complexity index is 377. The molecule has 0 N–H and O–H groups in total. The molecule has 1 aliphatic carbocycles. The molecule has 78 valence electrons. The Morgan fingerprint density at radius 3 is 2.93 bits per heavy atom. The van der Waals surface area contributed by atoms with Crippen molar-refractivity contribution in [1.82, 2.24) is 0 Å². The largest absolute Gasteiger partial charge is 0.378 e. The molecular weight excluding hydrogens is 184 g/mol. The van der Waals surface area contributed by atoms with Crippen molar-refractivity contribution >= 4 is 6.08 Å². The topological polar surface area (TPSA) is 9.23 Å². The first-order valence-electron chi connectivity index (χ1n) is 5.80. The standard InChI is InChI=1S/C14H16O/c1-2-7-14-11(4-1)5-3-6-12(14)10-13-8-9-15-13/h1-5,7,12-13H,6,8-10H2. The van der Waals surface area contributed by atoms with Gasteiger partial charge in [-0.1, -0.05) is 36.4 Å². The Labute approximate surface area is 90.8 Å². The van der Waals surface area contributed by atoms with Gasteiger partial charge in [0.1, 0.15) is 0 Å². The molecule has 15 heavy (non-hydrogen) atoms. The van der Waals surface area contributed by atoms with E-state index in [0.29, 0.717) is 12.0 Å². The average molecular weight is 200 g/mol. The van der Waals surface area contributed by atoms with Gasteiger partial charge in [0.25, 0.3) is 0 Å². The summed E-state index contributed by atoms with van der Waals surface area (Å²) >= 11 is 0. The molecule has 1 heterocycles. The van der Waals surface area contributed by atoms with Crippen molar-refractivity contribution in [3.05, 3.63) is 41.5 Å². The molecule has 0 radical (unpaired) electrons. The molecule has 1 saturated heterocycles. The van der Waals surface area contributed by atoms with Crippen molar-refractivity contribution in [2.75, 3.05) is 6.61 Å². The maximum Gasteiger partial charge on any atom is 0.0603 e. The highest BCUT2D eigenvalue weighted by Gasteiger charge is 2.25. The van der Waals surface area contributed by atoms with Gasteiger partial charge in [-0.25, -0.2) is 0 Å². The SMILES string of the molecule is C1=Cc2ccccc2C(CC2CCO2)C1. The van der Waals surface area contributed by atoms with Gasteiger partial charge in [-0.05, 0) is 36.3 Å². The minimum Gasteiger partial charge on any atom is -0.378 e. The van der Waals surface area contributed by atoms with Gasteiger partial charge < -0.3 is 4.74 Å². The van der Waals surface area contributed by atoms with Gasteiger partial charge in [0.05, 0.1) is 6.10 Å². The first-order chi connectivity index (χ1) is 7.43. The number of hydrogen-bond acceptors (Lipinski definition) is 1. The Kier molecular flexibility index (Phi) is 2.34. The summed E-state index contributed by atoms with van der Waals surface area (Å²) in [4.78, 5) is 0. The molecule has 0 saturated carbocycles. The summed E-state index contributed by atoms with van der Waals surface area (Å²) in [6.45, 7) is 0.967. The van der Waals surface area contributed by atoms with Crippen LogP contribution in [0, 0.1) is 0 Å². The van der Waals surface area contributed by atoms with Crippen LogP contribution in [0.25, 0.3) is 6.08 Å². The quantitative estimate of drug-likeness (QED) is 0.711. The van der Waals surface area contributed by atoms with E-state index in [1.54, 1.807) is 0 Å². The molecule has 1 nitrogen and oxygen atoms in total. The zero-order valence-corrected chi connectivity index (χ0v) is 8.86. The van der Waals surface area contributed by atoms with Crippen LogP contribution in [0.5, 0.6) is 0 Å². The van der Waals surface area contributed by atoms with E-state index in [2.05, 4.69) is 36.4 Å². The van der Waals surface area contributed by atoms with E-state index in [1.165, 1.54) is 30.4 Å². The molecule has 1 fully saturated rings. The lowest BCUT2D eigenvalue weighted by Crippen LogP contribution is -2.28. The third kappa shape index (κ3) is 1.72. The fraction of sp³-hybridized carbons (Fsp3) is 0.429. The van der Waals surface area contributed by atoms with Crippen molar-refractivity contribution in [3.63, 3.8) is 0 Å². The first kappa shape index (κ1) is 9.17. The van der Waals surface area contributed by atoms with E-state index in [-0.39, 0.29) is 0 Å². The lowest BCUT2D eigenvalue weighted by molar-refractivity contribution is -0.0580. The van der Waals surface area contributed by atoms with E-state index in [0.717, 1.165) is 6.61 Å². The van der Waals surface area contributed by atoms with E-state index in [4.69, 9.17) is 4.74 Å². The minimum atomic E-state index is 0.523. The Balaban J connectivity index is 1.82. The molecule has 1 aromatic carbocycles. The molecule has 2 unspecified atom stereocenters. The van der Waals surface area contributed by atoms with Crippen molar-refractivity contribution < 1.29 is 4.74 Å². The molecule has 0 aromatic heterocycles. The molecule has 0 amide bonds. The van der Waals surface area contributed by atoms with Gasteiger partial charge in [-0.3, -0.25) is 0 Å². The van der Waals surface area contributed by atoms with Crippen LogP contribution < -0.4 is 0 Å². The normalized spacial score (nSPS) is 28.3. The van der Waals surface area contributed by atoms with Gasteiger partial charge in [0.2, 0.25) is 0 Å². The second kappa shape index (κ2) is 3.82. The molecule has 0 spiro atoms. The first-order valence-corrected chi connectivity index (χ1v) is 5.80. The highest BCUT2D eigenvalue weighted by atomic mass is 16.5. The molecule has 1 aromatic rings. The van der Waals surface area contributed by atoms with Crippen LogP contribution in [0.1, 0.15) is 36.3 Å². The van der Waals surface area contributed by atoms with Crippen LogP contribution in [0.15, 0.2) is 30.3 Å². The van der Waals surface area contributed by atoms with Crippen LogP contribution in [0.3, 0.4) is 0 Å². The summed E-state index contributed by atoms with van der Waals surface area (Å²) in [5.41, 5.74) is 2.91. The van der Waals surface area contributed by atoms with Crippen LogP contribution in [0.2, 0.25) is 0 Å². The zero-order chi connectivity index (χ0) is 10.1. The smallest absolute Gasteiger partial charge is 0.0603 e. The average Bonchev–Trinajstić information content (AvgIpc) is 2.23. The monoisotopic (exact) mass is 200 g/mol. The molecule has 3 rings (SSSR count).